The lowest BCUT2D eigenvalue weighted by Crippen LogP contribution is -2.54. The fourth-order valence-corrected chi connectivity index (χ4v) is 2.99. The molecular formula is C16H21N5O3. The number of imide groups is 1. The number of amides is 4. The van der Waals surface area contributed by atoms with Gasteiger partial charge in [-0.1, -0.05) is 0 Å². The summed E-state index contributed by atoms with van der Waals surface area (Å²) in [4.78, 5) is 43.4. The summed E-state index contributed by atoms with van der Waals surface area (Å²) in [5.74, 6) is -0.538. The van der Waals surface area contributed by atoms with Crippen molar-refractivity contribution in [3.8, 4) is 0 Å². The molecule has 0 saturated carbocycles. The van der Waals surface area contributed by atoms with Crippen molar-refractivity contribution >= 4 is 17.8 Å². The molecule has 128 valence electrons. The van der Waals surface area contributed by atoms with E-state index in [1.165, 1.54) is 4.90 Å². The van der Waals surface area contributed by atoms with Crippen LogP contribution in [-0.4, -0.2) is 64.3 Å². The molecule has 24 heavy (non-hydrogen) atoms. The van der Waals surface area contributed by atoms with Gasteiger partial charge in [0.1, 0.15) is 12.1 Å². The van der Waals surface area contributed by atoms with Gasteiger partial charge in [0.25, 0.3) is 5.91 Å². The van der Waals surface area contributed by atoms with E-state index in [0.717, 1.165) is 5.56 Å². The molecular weight excluding hydrogens is 310 g/mol. The number of carbonyl (C=O) groups is 3. The first-order chi connectivity index (χ1) is 11.4. The Kier molecular flexibility index (Phi) is 4.23. The largest absolute Gasteiger partial charge is 0.338 e. The maximum absolute atomic E-state index is 12.6. The van der Waals surface area contributed by atoms with E-state index in [-0.39, 0.29) is 24.4 Å². The quantitative estimate of drug-likeness (QED) is 0.754. The Morgan fingerprint density at radius 2 is 2.04 bits per heavy atom. The monoisotopic (exact) mass is 331 g/mol. The molecule has 0 aliphatic carbocycles. The fraction of sp³-hybridized carbons (Fsp3) is 0.500. The molecule has 2 N–H and O–H groups in total. The van der Waals surface area contributed by atoms with Crippen LogP contribution < -0.4 is 10.6 Å². The summed E-state index contributed by atoms with van der Waals surface area (Å²) in [6, 6.07) is 3.36. The van der Waals surface area contributed by atoms with Gasteiger partial charge in [0.15, 0.2) is 0 Å². The summed E-state index contributed by atoms with van der Waals surface area (Å²) >= 11 is 0. The maximum Gasteiger partial charge on any atom is 0.325 e. The standard InChI is InChI=1S/C16H21N5O3/c1-16(2)14(23)19-15(24)21(16)10-13(22)20-8-7-18-12(9-20)11-3-5-17-6-4-11/h3-6,12,18H,7-10H2,1-2H3,(H,19,23,24). The Morgan fingerprint density at radius 1 is 1.33 bits per heavy atom. The number of pyridine rings is 1. The molecule has 1 unspecified atom stereocenters. The third-order valence-corrected chi connectivity index (χ3v) is 4.63. The van der Waals surface area contributed by atoms with Crippen molar-refractivity contribution in [2.45, 2.75) is 25.4 Å². The Morgan fingerprint density at radius 3 is 2.67 bits per heavy atom. The zero-order chi connectivity index (χ0) is 17.3. The molecule has 0 spiro atoms. The van der Waals surface area contributed by atoms with E-state index in [4.69, 9.17) is 0 Å². The predicted octanol–water partition coefficient (Wildman–Crippen LogP) is -0.115. The van der Waals surface area contributed by atoms with E-state index >= 15 is 0 Å². The van der Waals surface area contributed by atoms with E-state index in [1.54, 1.807) is 31.1 Å². The molecule has 3 heterocycles. The number of nitrogens with zero attached hydrogens (tertiary/aromatic N) is 3. The van der Waals surface area contributed by atoms with Gasteiger partial charge in [-0.15, -0.1) is 0 Å². The smallest absolute Gasteiger partial charge is 0.325 e. The van der Waals surface area contributed by atoms with Gasteiger partial charge in [0, 0.05) is 32.0 Å². The van der Waals surface area contributed by atoms with Crippen LogP contribution in [0.4, 0.5) is 4.79 Å². The molecule has 1 aromatic rings. The number of rotatable bonds is 3. The van der Waals surface area contributed by atoms with Gasteiger partial charge in [0.05, 0.1) is 6.04 Å². The number of carbonyl (C=O) groups excluding carboxylic acids is 3. The minimum Gasteiger partial charge on any atom is -0.338 e. The van der Waals surface area contributed by atoms with Crippen LogP contribution in [0.25, 0.3) is 0 Å². The number of nitrogens with one attached hydrogen (secondary N) is 2. The lowest BCUT2D eigenvalue weighted by atomic mass is 10.0. The lowest BCUT2D eigenvalue weighted by molar-refractivity contribution is -0.134. The number of piperazine rings is 1. The summed E-state index contributed by atoms with van der Waals surface area (Å²) in [6.07, 6.45) is 3.45. The van der Waals surface area contributed by atoms with Crippen LogP contribution >= 0.6 is 0 Å². The molecule has 0 bridgehead atoms. The zero-order valence-electron chi connectivity index (χ0n) is 13.8. The van der Waals surface area contributed by atoms with Crippen LogP contribution in [0.5, 0.6) is 0 Å². The van der Waals surface area contributed by atoms with Crippen LogP contribution in [0, 0.1) is 0 Å². The number of urea groups is 1. The third kappa shape index (κ3) is 2.96. The molecule has 0 aromatic carbocycles. The second-order valence-corrected chi connectivity index (χ2v) is 6.53. The highest BCUT2D eigenvalue weighted by Gasteiger charge is 2.46. The van der Waals surface area contributed by atoms with Crippen molar-refractivity contribution in [3.05, 3.63) is 30.1 Å². The normalized spacial score (nSPS) is 23.3. The molecule has 3 rings (SSSR count). The van der Waals surface area contributed by atoms with E-state index in [2.05, 4.69) is 15.6 Å². The number of hydrogen-bond acceptors (Lipinski definition) is 5. The number of aromatic nitrogens is 1. The van der Waals surface area contributed by atoms with E-state index in [0.29, 0.717) is 19.6 Å². The van der Waals surface area contributed by atoms with Crippen LogP contribution in [0.15, 0.2) is 24.5 Å². The molecule has 0 radical (unpaired) electrons. The van der Waals surface area contributed by atoms with Crippen LogP contribution in [0.3, 0.4) is 0 Å². The average molecular weight is 331 g/mol. The Bertz CT molecular complexity index is 661. The molecule has 2 saturated heterocycles. The molecule has 4 amide bonds. The van der Waals surface area contributed by atoms with Crippen molar-refractivity contribution in [1.82, 2.24) is 25.4 Å². The summed E-state index contributed by atoms with van der Waals surface area (Å²) in [5.41, 5.74) is 0.0579. The van der Waals surface area contributed by atoms with Gasteiger partial charge < -0.3 is 15.1 Å². The van der Waals surface area contributed by atoms with Crippen molar-refractivity contribution in [1.29, 1.82) is 0 Å². The van der Waals surface area contributed by atoms with Crippen molar-refractivity contribution in [3.63, 3.8) is 0 Å². The predicted molar refractivity (Wildman–Crippen MR) is 85.9 cm³/mol. The van der Waals surface area contributed by atoms with Crippen LogP contribution in [0.2, 0.25) is 0 Å². The van der Waals surface area contributed by atoms with Gasteiger partial charge in [-0.3, -0.25) is 19.9 Å². The highest BCUT2D eigenvalue weighted by molar-refractivity contribution is 6.07. The molecule has 8 nitrogen and oxygen atoms in total. The van der Waals surface area contributed by atoms with Gasteiger partial charge in [-0.25, -0.2) is 4.79 Å². The molecule has 2 aliphatic heterocycles. The first kappa shape index (κ1) is 16.4. The highest BCUT2D eigenvalue weighted by atomic mass is 16.2. The first-order valence-corrected chi connectivity index (χ1v) is 7.93. The summed E-state index contributed by atoms with van der Waals surface area (Å²) in [5, 5.41) is 5.64. The molecule has 2 aliphatic rings. The Labute approximate surface area is 140 Å². The Hall–Kier alpha value is -2.48. The van der Waals surface area contributed by atoms with E-state index in [9.17, 15) is 14.4 Å². The molecule has 2 fully saturated rings. The summed E-state index contributed by atoms with van der Waals surface area (Å²) in [7, 11) is 0. The fourth-order valence-electron chi connectivity index (χ4n) is 2.99. The topological polar surface area (TPSA) is 94.6 Å². The molecule has 8 heteroatoms. The van der Waals surface area contributed by atoms with Gasteiger partial charge in [0.2, 0.25) is 5.91 Å². The Balaban J connectivity index is 1.67. The lowest BCUT2D eigenvalue weighted by Gasteiger charge is -2.36. The van der Waals surface area contributed by atoms with Crippen molar-refractivity contribution in [2.24, 2.45) is 0 Å². The maximum atomic E-state index is 12.6. The van der Waals surface area contributed by atoms with Crippen molar-refractivity contribution < 1.29 is 14.4 Å². The minimum atomic E-state index is -1.01. The minimum absolute atomic E-state index is 0.0350. The second-order valence-electron chi connectivity index (χ2n) is 6.53. The molecule has 1 atom stereocenters. The zero-order valence-corrected chi connectivity index (χ0v) is 13.8. The third-order valence-electron chi connectivity index (χ3n) is 4.63. The van der Waals surface area contributed by atoms with Crippen LogP contribution in [-0.2, 0) is 9.59 Å². The van der Waals surface area contributed by atoms with Crippen LogP contribution in [0.1, 0.15) is 25.5 Å². The van der Waals surface area contributed by atoms with E-state index in [1.807, 2.05) is 12.1 Å². The average Bonchev–Trinajstić information content (AvgIpc) is 2.78. The summed E-state index contributed by atoms with van der Waals surface area (Å²) < 4.78 is 0. The van der Waals surface area contributed by atoms with Gasteiger partial charge in [-0.2, -0.15) is 0 Å². The number of hydrogen-bond donors (Lipinski definition) is 2. The first-order valence-electron chi connectivity index (χ1n) is 7.93. The van der Waals surface area contributed by atoms with Gasteiger partial charge >= 0.3 is 6.03 Å². The highest BCUT2D eigenvalue weighted by Crippen LogP contribution is 2.22. The summed E-state index contributed by atoms with van der Waals surface area (Å²) in [6.45, 7) is 4.94. The SMILES string of the molecule is CC1(C)C(=O)NC(=O)N1CC(=O)N1CCNC(c2ccncc2)C1. The molecule has 1 aromatic heterocycles. The van der Waals surface area contributed by atoms with E-state index < -0.39 is 11.6 Å². The van der Waals surface area contributed by atoms with Crippen molar-refractivity contribution in [2.75, 3.05) is 26.2 Å². The van der Waals surface area contributed by atoms with Gasteiger partial charge in [-0.05, 0) is 31.5 Å². The second kappa shape index (κ2) is 6.20.